The molecule has 2 spiro atoms. The van der Waals surface area contributed by atoms with Gasteiger partial charge >= 0.3 is 5.97 Å². The highest BCUT2D eigenvalue weighted by Gasteiger charge is 2.85. The van der Waals surface area contributed by atoms with Crippen molar-refractivity contribution in [1.29, 1.82) is 0 Å². The zero-order valence-electron chi connectivity index (χ0n) is 28.7. The minimum atomic E-state index is -1.59. The molecular formula is C36H54O12. The third kappa shape index (κ3) is 4.33. The van der Waals surface area contributed by atoms with Gasteiger partial charge in [0.25, 0.3) is 0 Å². The van der Waals surface area contributed by atoms with Gasteiger partial charge in [0.2, 0.25) is 0 Å². The number of hydrogen-bond donors (Lipinski definition) is 5. The lowest BCUT2D eigenvalue weighted by Crippen LogP contribution is -2.63. The van der Waals surface area contributed by atoms with Gasteiger partial charge in [0.1, 0.15) is 48.5 Å². The molecule has 5 aliphatic carbocycles. The summed E-state index contributed by atoms with van der Waals surface area (Å²) in [5.41, 5.74) is -0.727. The first-order valence-electron chi connectivity index (χ1n) is 18.2. The van der Waals surface area contributed by atoms with Crippen molar-refractivity contribution in [2.24, 2.45) is 50.7 Å². The van der Waals surface area contributed by atoms with Gasteiger partial charge in [-0.25, -0.2) is 0 Å². The fourth-order valence-corrected chi connectivity index (χ4v) is 13.4. The van der Waals surface area contributed by atoms with E-state index in [1.165, 1.54) is 0 Å². The number of ketones is 1. The summed E-state index contributed by atoms with van der Waals surface area (Å²) in [6, 6.07) is 0. The molecule has 0 aromatic heterocycles. The number of Topliss-reactive ketones (excluding diaryl/α,β-unsaturated/α-hetero) is 1. The number of rotatable bonds is 4. The maximum absolute atomic E-state index is 14.6. The third-order valence-corrected chi connectivity index (χ3v) is 15.7. The summed E-state index contributed by atoms with van der Waals surface area (Å²) in [6.07, 6.45) is -4.92. The van der Waals surface area contributed by atoms with Crippen molar-refractivity contribution in [3.8, 4) is 0 Å². The van der Waals surface area contributed by atoms with E-state index in [2.05, 4.69) is 34.6 Å². The normalized spacial score (nSPS) is 58.5. The summed E-state index contributed by atoms with van der Waals surface area (Å²) in [7, 11) is 0. The maximum Gasteiger partial charge on any atom is 0.306 e. The monoisotopic (exact) mass is 678 g/mol. The van der Waals surface area contributed by atoms with E-state index in [9.17, 15) is 35.1 Å². The molecule has 5 saturated carbocycles. The second kappa shape index (κ2) is 10.9. The first-order chi connectivity index (χ1) is 22.5. The topological polar surface area (TPSA) is 181 Å². The molecule has 18 unspecified atom stereocenters. The van der Waals surface area contributed by atoms with Crippen LogP contribution < -0.4 is 0 Å². The van der Waals surface area contributed by atoms with Crippen molar-refractivity contribution < 1.29 is 58.8 Å². The molecule has 0 amide bonds. The predicted octanol–water partition coefficient (Wildman–Crippen LogP) is 1.45. The smallest absolute Gasteiger partial charge is 0.306 e. The Labute approximate surface area is 281 Å². The average Bonchev–Trinajstić information content (AvgIpc) is 3.59. The van der Waals surface area contributed by atoms with Gasteiger partial charge in [0, 0.05) is 30.1 Å². The van der Waals surface area contributed by atoms with Gasteiger partial charge in [0.05, 0.1) is 19.3 Å². The molecule has 3 heterocycles. The molecular weight excluding hydrogens is 624 g/mol. The van der Waals surface area contributed by atoms with Crippen LogP contribution in [0.4, 0.5) is 0 Å². The summed E-state index contributed by atoms with van der Waals surface area (Å²) in [5.74, 6) is 0.783. The Kier molecular flexibility index (Phi) is 7.70. The summed E-state index contributed by atoms with van der Waals surface area (Å²) in [4.78, 5) is 27.1. The van der Waals surface area contributed by atoms with Crippen LogP contribution in [0, 0.1) is 50.7 Å². The van der Waals surface area contributed by atoms with Crippen LogP contribution >= 0.6 is 0 Å². The number of fused-ring (bicyclic) bond motifs is 4. The molecule has 8 aliphatic rings. The zero-order chi connectivity index (χ0) is 34.3. The number of aliphatic hydroxyl groups is 5. The molecule has 0 aromatic carbocycles. The van der Waals surface area contributed by atoms with Gasteiger partial charge in [-0.05, 0) is 72.0 Å². The number of carbonyl (C=O) groups excluding carboxylic acids is 2. The van der Waals surface area contributed by atoms with Crippen LogP contribution in [0.25, 0.3) is 0 Å². The van der Waals surface area contributed by atoms with Gasteiger partial charge in [-0.15, -0.1) is 0 Å². The fourth-order valence-electron chi connectivity index (χ4n) is 13.4. The number of ether oxygens (including phenoxy) is 5. The Balaban J connectivity index is 1.03. The minimum Gasteiger partial charge on any atom is -0.462 e. The van der Waals surface area contributed by atoms with Crippen molar-refractivity contribution in [1.82, 2.24) is 0 Å². The predicted molar refractivity (Wildman–Crippen MR) is 166 cm³/mol. The Morgan fingerprint density at radius 2 is 1.46 bits per heavy atom. The van der Waals surface area contributed by atoms with E-state index in [4.69, 9.17) is 23.7 Å². The zero-order valence-corrected chi connectivity index (χ0v) is 28.7. The van der Waals surface area contributed by atoms with Crippen LogP contribution in [0.5, 0.6) is 0 Å². The lowest BCUT2D eigenvalue weighted by molar-refractivity contribution is -0.354. The van der Waals surface area contributed by atoms with E-state index >= 15 is 0 Å². The molecule has 0 bridgehead atoms. The van der Waals surface area contributed by atoms with E-state index in [1.54, 1.807) is 0 Å². The van der Waals surface area contributed by atoms with Crippen LogP contribution in [0.15, 0.2) is 0 Å². The van der Waals surface area contributed by atoms with Gasteiger partial charge in [0.15, 0.2) is 12.6 Å². The highest BCUT2D eigenvalue weighted by Crippen LogP contribution is 2.88. The number of esters is 1. The second-order valence-corrected chi connectivity index (χ2v) is 18.0. The first kappa shape index (κ1) is 33.9. The van der Waals surface area contributed by atoms with E-state index in [1.807, 2.05) is 0 Å². The number of hydrogen-bond acceptors (Lipinski definition) is 12. The molecule has 48 heavy (non-hydrogen) atoms. The summed E-state index contributed by atoms with van der Waals surface area (Å²) in [5, 5.41) is 51.9. The molecule has 18 atom stereocenters. The van der Waals surface area contributed by atoms with Gasteiger partial charge in [-0.2, -0.15) is 0 Å². The second-order valence-electron chi connectivity index (χ2n) is 18.0. The van der Waals surface area contributed by atoms with Crippen molar-refractivity contribution in [2.45, 2.75) is 147 Å². The van der Waals surface area contributed by atoms with E-state index < -0.39 is 60.7 Å². The van der Waals surface area contributed by atoms with Crippen molar-refractivity contribution in [3.05, 3.63) is 0 Å². The Morgan fingerprint density at radius 3 is 2.19 bits per heavy atom. The lowest BCUT2D eigenvalue weighted by atomic mass is 9.41. The lowest BCUT2D eigenvalue weighted by Gasteiger charge is -2.62. The Bertz CT molecular complexity index is 1340. The quantitative estimate of drug-likeness (QED) is 0.214. The van der Waals surface area contributed by atoms with Crippen molar-refractivity contribution in [3.63, 3.8) is 0 Å². The third-order valence-electron chi connectivity index (χ3n) is 15.7. The van der Waals surface area contributed by atoms with Crippen LogP contribution in [-0.2, 0) is 33.3 Å². The standard InChI is InChI=1S/C36H54O12/c1-16-10-23(40)46-20-12-34(5)21-11-17(37)29-32(2,3)22(6-7-36(29)15-35(21,36)9-8-33(34,4)24(16)20)47-31-28(26(42)19(39)14-45-31)48-30-27(43)25(41)18(38)13-44-30/h16,18-22,24-31,38-39,41-43H,6-15H2,1-5H3. The summed E-state index contributed by atoms with van der Waals surface area (Å²) < 4.78 is 29.9. The number of aliphatic hydroxyl groups excluding tert-OH is 5. The molecule has 12 nitrogen and oxygen atoms in total. The van der Waals surface area contributed by atoms with Crippen LogP contribution in [0.2, 0.25) is 0 Å². The van der Waals surface area contributed by atoms with Crippen LogP contribution in [0.3, 0.4) is 0 Å². The van der Waals surface area contributed by atoms with E-state index in [0.717, 1.165) is 32.1 Å². The highest BCUT2D eigenvalue weighted by atomic mass is 16.7. The molecule has 0 radical (unpaired) electrons. The molecule has 5 N–H and O–H groups in total. The molecule has 8 rings (SSSR count). The largest absolute Gasteiger partial charge is 0.462 e. The Morgan fingerprint density at radius 1 is 0.771 bits per heavy atom. The van der Waals surface area contributed by atoms with E-state index in [-0.39, 0.29) is 70.5 Å². The van der Waals surface area contributed by atoms with Crippen LogP contribution in [-0.4, -0.2) is 112 Å². The number of carbonyl (C=O) groups is 2. The molecule has 3 saturated heterocycles. The van der Waals surface area contributed by atoms with Crippen molar-refractivity contribution in [2.75, 3.05) is 13.2 Å². The average molecular weight is 679 g/mol. The highest BCUT2D eigenvalue weighted by molar-refractivity contribution is 5.86. The first-order valence-corrected chi connectivity index (χ1v) is 18.2. The Hall–Kier alpha value is -1.22. The van der Waals surface area contributed by atoms with Gasteiger partial charge in [-0.1, -0.05) is 34.6 Å². The van der Waals surface area contributed by atoms with Crippen molar-refractivity contribution >= 4 is 11.8 Å². The molecule has 8 fully saturated rings. The molecule has 3 aliphatic heterocycles. The molecule has 12 heteroatoms. The van der Waals surface area contributed by atoms with Gasteiger partial charge in [-0.3, -0.25) is 9.59 Å². The summed E-state index contributed by atoms with van der Waals surface area (Å²) in [6.45, 7) is 10.7. The molecule has 270 valence electrons. The van der Waals surface area contributed by atoms with Crippen LogP contribution in [0.1, 0.15) is 86.0 Å². The van der Waals surface area contributed by atoms with Gasteiger partial charge < -0.3 is 49.2 Å². The molecule has 0 aromatic rings. The SMILES string of the molecule is CC1CC(=O)OC2CC3(C)C4CC(=O)C5C(C)(C)C(OC6OCC(O)C(O)C6OC6OCC(O)C(O)C6O)CCC56CC46CCC3(C)C12. The fraction of sp³-hybridized carbons (Fsp3) is 0.944. The van der Waals surface area contributed by atoms with E-state index in [0.29, 0.717) is 25.2 Å². The minimum absolute atomic E-state index is 0.00290. The maximum atomic E-state index is 14.6. The summed E-state index contributed by atoms with van der Waals surface area (Å²) >= 11 is 0.